The van der Waals surface area contributed by atoms with Crippen LogP contribution in [0, 0.1) is 35.0 Å². The minimum absolute atomic E-state index is 0.0471. The first kappa shape index (κ1) is 25.2. The molecule has 0 radical (unpaired) electrons. The molecule has 1 N–H and O–H groups in total. The van der Waals surface area contributed by atoms with Crippen molar-refractivity contribution in [3.8, 4) is 0 Å². The van der Waals surface area contributed by atoms with E-state index in [1.165, 1.54) is 25.7 Å². The van der Waals surface area contributed by atoms with Gasteiger partial charge in [-0.3, -0.25) is 9.59 Å². The van der Waals surface area contributed by atoms with E-state index in [0.717, 1.165) is 44.4 Å². The Bertz CT molecular complexity index is 542. The van der Waals surface area contributed by atoms with Crippen LogP contribution in [0.3, 0.4) is 0 Å². The van der Waals surface area contributed by atoms with Crippen LogP contribution in [-0.4, -0.2) is 23.1 Å². The third kappa shape index (κ3) is 7.89. The first-order chi connectivity index (χ1) is 14.1. The number of carboxylic acid groups (broad SMARTS) is 1. The van der Waals surface area contributed by atoms with Gasteiger partial charge in [-0.15, -0.1) is 0 Å². The lowest BCUT2D eigenvalue weighted by atomic mass is 9.76. The van der Waals surface area contributed by atoms with Gasteiger partial charge in [0.1, 0.15) is 6.10 Å². The average molecular weight is 423 g/mol. The third-order valence-corrected chi connectivity index (χ3v) is 7.55. The molecule has 0 aromatic rings. The van der Waals surface area contributed by atoms with Crippen LogP contribution in [0.4, 0.5) is 0 Å². The van der Waals surface area contributed by atoms with Crippen LogP contribution in [0.1, 0.15) is 112 Å². The number of esters is 1. The first-order valence-electron chi connectivity index (χ1n) is 12.5. The Morgan fingerprint density at radius 3 is 2.10 bits per heavy atom. The van der Waals surface area contributed by atoms with Crippen molar-refractivity contribution in [1.82, 2.24) is 0 Å². The van der Waals surface area contributed by atoms with Gasteiger partial charge in [0.25, 0.3) is 0 Å². The number of rotatable bonds is 9. The maximum absolute atomic E-state index is 13.1. The minimum atomic E-state index is -0.838. The largest absolute Gasteiger partial charge is 0.481 e. The van der Waals surface area contributed by atoms with Crippen molar-refractivity contribution in [2.75, 3.05) is 0 Å². The molecule has 0 heterocycles. The summed E-state index contributed by atoms with van der Waals surface area (Å²) in [5, 5.41) is 9.57. The molecule has 0 amide bonds. The number of aliphatic carboxylic acids is 1. The molecule has 0 aromatic heterocycles. The summed E-state index contributed by atoms with van der Waals surface area (Å²) in [6, 6.07) is 0. The Balaban J connectivity index is 2.02. The van der Waals surface area contributed by atoms with Crippen LogP contribution < -0.4 is 0 Å². The van der Waals surface area contributed by atoms with Gasteiger partial charge in [0.2, 0.25) is 0 Å². The number of hydrogen-bond acceptors (Lipinski definition) is 3. The fraction of sp³-hybridized carbons (Fsp3) is 0.923. The van der Waals surface area contributed by atoms with E-state index >= 15 is 0 Å². The topological polar surface area (TPSA) is 63.6 Å². The van der Waals surface area contributed by atoms with Crippen molar-refractivity contribution < 1.29 is 19.4 Å². The van der Waals surface area contributed by atoms with Crippen molar-refractivity contribution in [3.63, 3.8) is 0 Å². The molecule has 4 unspecified atom stereocenters. The van der Waals surface area contributed by atoms with Gasteiger partial charge in [0.15, 0.2) is 0 Å². The SMILES string of the molecule is CCC1CCC(C(CCC(C)CC(C)(C)C)OC(=O)C2CCCCC2C(=O)O)CC1. The summed E-state index contributed by atoms with van der Waals surface area (Å²) in [7, 11) is 0. The van der Waals surface area contributed by atoms with E-state index in [0.29, 0.717) is 30.1 Å². The zero-order chi connectivity index (χ0) is 22.3. The van der Waals surface area contributed by atoms with Crippen molar-refractivity contribution >= 4 is 11.9 Å². The van der Waals surface area contributed by atoms with Gasteiger partial charge in [-0.05, 0) is 68.1 Å². The molecule has 0 spiro atoms. The standard InChI is InChI=1S/C26H46O4/c1-6-19-12-14-20(15-13-19)23(16-11-18(2)17-26(3,4)5)30-25(29)22-10-8-7-9-21(22)24(27)28/h18-23H,6-17H2,1-5H3,(H,27,28). The average Bonchev–Trinajstić information content (AvgIpc) is 2.69. The van der Waals surface area contributed by atoms with Crippen molar-refractivity contribution in [3.05, 3.63) is 0 Å². The Morgan fingerprint density at radius 1 is 0.967 bits per heavy atom. The molecule has 4 atom stereocenters. The van der Waals surface area contributed by atoms with Gasteiger partial charge in [0.05, 0.1) is 11.8 Å². The number of carbonyl (C=O) groups excluding carboxylic acids is 1. The van der Waals surface area contributed by atoms with Crippen LogP contribution in [0.5, 0.6) is 0 Å². The second-order valence-electron chi connectivity index (χ2n) is 11.4. The second kappa shape index (κ2) is 11.5. The summed E-state index contributed by atoms with van der Waals surface area (Å²) in [4.78, 5) is 24.7. The van der Waals surface area contributed by atoms with Crippen LogP contribution in [-0.2, 0) is 14.3 Å². The van der Waals surface area contributed by atoms with E-state index < -0.39 is 17.8 Å². The fourth-order valence-corrected chi connectivity index (χ4v) is 5.90. The molecule has 2 saturated carbocycles. The highest BCUT2D eigenvalue weighted by atomic mass is 16.5. The fourth-order valence-electron chi connectivity index (χ4n) is 5.90. The van der Waals surface area contributed by atoms with Crippen molar-refractivity contribution in [2.45, 2.75) is 118 Å². The lowest BCUT2D eigenvalue weighted by Gasteiger charge is -2.36. The van der Waals surface area contributed by atoms with Gasteiger partial charge in [0, 0.05) is 0 Å². The Hall–Kier alpha value is -1.06. The molecule has 30 heavy (non-hydrogen) atoms. The molecule has 4 heteroatoms. The molecule has 0 bridgehead atoms. The molecule has 2 aliphatic carbocycles. The van der Waals surface area contributed by atoms with E-state index in [9.17, 15) is 14.7 Å². The summed E-state index contributed by atoms with van der Waals surface area (Å²) < 4.78 is 6.16. The van der Waals surface area contributed by atoms with E-state index in [1.54, 1.807) is 0 Å². The monoisotopic (exact) mass is 422 g/mol. The molecule has 4 nitrogen and oxygen atoms in total. The van der Waals surface area contributed by atoms with Gasteiger partial charge in [-0.1, -0.05) is 66.7 Å². The highest BCUT2D eigenvalue weighted by molar-refractivity contribution is 5.81. The van der Waals surface area contributed by atoms with Crippen LogP contribution in [0.2, 0.25) is 0 Å². The van der Waals surface area contributed by atoms with Crippen LogP contribution >= 0.6 is 0 Å². The van der Waals surface area contributed by atoms with Crippen LogP contribution in [0.15, 0.2) is 0 Å². The zero-order valence-electron chi connectivity index (χ0n) is 20.1. The minimum Gasteiger partial charge on any atom is -0.481 e. The Labute approximate surface area is 184 Å². The molecule has 2 aliphatic rings. The zero-order valence-corrected chi connectivity index (χ0v) is 20.1. The highest BCUT2D eigenvalue weighted by Gasteiger charge is 2.39. The Kier molecular flexibility index (Phi) is 9.68. The molecular weight excluding hydrogens is 376 g/mol. The number of carbonyl (C=O) groups is 2. The number of carboxylic acids is 1. The van der Waals surface area contributed by atoms with Gasteiger partial charge < -0.3 is 9.84 Å². The Morgan fingerprint density at radius 2 is 1.57 bits per heavy atom. The molecule has 0 aliphatic heterocycles. The van der Waals surface area contributed by atoms with Gasteiger partial charge in [-0.2, -0.15) is 0 Å². The summed E-state index contributed by atoms with van der Waals surface area (Å²) in [5.74, 6) is -0.263. The predicted octanol–water partition coefficient (Wildman–Crippen LogP) is 6.86. The first-order valence-corrected chi connectivity index (χ1v) is 12.5. The van der Waals surface area contributed by atoms with Crippen molar-refractivity contribution in [2.24, 2.45) is 35.0 Å². The predicted molar refractivity (Wildman–Crippen MR) is 121 cm³/mol. The normalized spacial score (nSPS) is 29.8. The van der Waals surface area contributed by atoms with Crippen LogP contribution in [0.25, 0.3) is 0 Å². The number of ether oxygens (including phenoxy) is 1. The van der Waals surface area contributed by atoms with Gasteiger partial charge >= 0.3 is 11.9 Å². The smallest absolute Gasteiger partial charge is 0.310 e. The molecular formula is C26H46O4. The highest BCUT2D eigenvalue weighted by Crippen LogP contribution is 2.38. The van der Waals surface area contributed by atoms with E-state index in [-0.39, 0.29) is 12.1 Å². The number of hydrogen-bond donors (Lipinski definition) is 1. The lowest BCUT2D eigenvalue weighted by Crippen LogP contribution is -2.38. The van der Waals surface area contributed by atoms with Gasteiger partial charge in [-0.25, -0.2) is 0 Å². The summed E-state index contributed by atoms with van der Waals surface area (Å²) in [5.41, 5.74) is 0.307. The third-order valence-electron chi connectivity index (χ3n) is 7.55. The van der Waals surface area contributed by atoms with E-state index in [1.807, 2.05) is 0 Å². The lowest BCUT2D eigenvalue weighted by molar-refractivity contribution is -0.167. The van der Waals surface area contributed by atoms with E-state index in [4.69, 9.17) is 4.74 Å². The summed E-state index contributed by atoms with van der Waals surface area (Å²) >= 11 is 0. The maximum Gasteiger partial charge on any atom is 0.310 e. The van der Waals surface area contributed by atoms with E-state index in [2.05, 4.69) is 34.6 Å². The summed E-state index contributed by atoms with van der Waals surface area (Å²) in [6.07, 6.45) is 12.2. The summed E-state index contributed by atoms with van der Waals surface area (Å²) in [6.45, 7) is 11.4. The molecule has 2 fully saturated rings. The molecule has 0 saturated heterocycles. The molecule has 174 valence electrons. The second-order valence-corrected chi connectivity index (χ2v) is 11.4. The molecule has 0 aromatic carbocycles. The molecule has 2 rings (SSSR count). The maximum atomic E-state index is 13.1. The quantitative estimate of drug-likeness (QED) is 0.412. The van der Waals surface area contributed by atoms with Crippen molar-refractivity contribution in [1.29, 1.82) is 0 Å².